The van der Waals surface area contributed by atoms with Crippen LogP contribution in [0.15, 0.2) is 65.1 Å². The van der Waals surface area contributed by atoms with E-state index < -0.39 is 17.9 Å². The Morgan fingerprint density at radius 3 is 2.30 bits per heavy atom. The van der Waals surface area contributed by atoms with Gasteiger partial charge in [0.1, 0.15) is 11.5 Å². The van der Waals surface area contributed by atoms with Crippen molar-refractivity contribution in [3.05, 3.63) is 70.7 Å². The smallest absolute Gasteiger partial charge is 0.279 e. The molecule has 0 bridgehead atoms. The van der Waals surface area contributed by atoms with Gasteiger partial charge >= 0.3 is 0 Å². The van der Waals surface area contributed by atoms with Gasteiger partial charge < -0.3 is 9.47 Å². The van der Waals surface area contributed by atoms with Crippen molar-refractivity contribution < 1.29 is 19.1 Å². The molecule has 0 aliphatic rings. The molecule has 1 atom stereocenters. The maximum absolute atomic E-state index is 12.3. The van der Waals surface area contributed by atoms with E-state index >= 15 is 0 Å². The minimum atomic E-state index is -0.792. The van der Waals surface area contributed by atoms with Crippen molar-refractivity contribution in [3.8, 4) is 11.5 Å². The number of rotatable bonds is 6. The zero-order valence-corrected chi connectivity index (χ0v) is 18.5. The Morgan fingerprint density at radius 1 is 0.867 bits per heavy atom. The van der Waals surface area contributed by atoms with Gasteiger partial charge in [-0.2, -0.15) is 0 Å². The van der Waals surface area contributed by atoms with E-state index in [1.807, 2.05) is 56.3 Å². The van der Waals surface area contributed by atoms with Crippen molar-refractivity contribution in [3.63, 3.8) is 0 Å². The van der Waals surface area contributed by atoms with Gasteiger partial charge in [-0.15, -0.1) is 0 Å². The number of fused-ring (bicyclic) bond motifs is 1. The highest BCUT2D eigenvalue weighted by Gasteiger charge is 2.17. The number of hydrazine groups is 1. The average molecular weight is 471 g/mol. The van der Waals surface area contributed by atoms with Gasteiger partial charge in [0.2, 0.25) is 0 Å². The fourth-order valence-electron chi connectivity index (χ4n) is 2.78. The predicted octanol–water partition coefficient (Wildman–Crippen LogP) is 4.62. The molecular weight excluding hydrogens is 448 g/mol. The zero-order valence-electron chi connectivity index (χ0n) is 16.9. The van der Waals surface area contributed by atoms with E-state index in [0.29, 0.717) is 21.5 Å². The van der Waals surface area contributed by atoms with E-state index in [4.69, 9.17) is 9.47 Å². The van der Waals surface area contributed by atoms with Crippen molar-refractivity contribution in [2.24, 2.45) is 0 Å². The maximum Gasteiger partial charge on any atom is 0.279 e. The van der Waals surface area contributed by atoms with Crippen LogP contribution in [0.3, 0.4) is 0 Å². The summed E-state index contributed by atoms with van der Waals surface area (Å²) in [4.78, 5) is 24.6. The number of carbonyl (C=O) groups excluding carboxylic acids is 2. The van der Waals surface area contributed by atoms with E-state index in [9.17, 15) is 9.59 Å². The molecule has 156 valence electrons. The molecule has 0 aromatic heterocycles. The molecule has 0 radical (unpaired) electrons. The lowest BCUT2D eigenvalue weighted by Crippen LogP contribution is -2.47. The lowest BCUT2D eigenvalue weighted by molar-refractivity contribution is -0.128. The third-order valence-corrected chi connectivity index (χ3v) is 4.88. The van der Waals surface area contributed by atoms with Gasteiger partial charge in [-0.25, -0.2) is 0 Å². The lowest BCUT2D eigenvalue weighted by Gasteiger charge is -2.16. The number of ether oxygens (including phenoxy) is 2. The summed E-state index contributed by atoms with van der Waals surface area (Å²) in [6, 6.07) is 18.5. The molecule has 0 fully saturated rings. The molecule has 7 heteroatoms. The molecule has 0 saturated carbocycles. The molecule has 2 amide bonds. The molecule has 1 unspecified atom stereocenters. The Balaban J connectivity index is 1.56. The summed E-state index contributed by atoms with van der Waals surface area (Å²) >= 11 is 3.39. The highest BCUT2D eigenvalue weighted by Crippen LogP contribution is 2.27. The molecule has 2 N–H and O–H groups in total. The third-order valence-electron chi connectivity index (χ3n) is 4.26. The van der Waals surface area contributed by atoms with Crippen LogP contribution in [-0.4, -0.2) is 24.0 Å². The summed E-state index contributed by atoms with van der Waals surface area (Å²) in [6.07, 6.45) is -0.774. The van der Waals surface area contributed by atoms with Crippen LogP contribution in [0.1, 0.15) is 31.1 Å². The highest BCUT2D eigenvalue weighted by molar-refractivity contribution is 9.10. The normalized spacial score (nSPS) is 11.8. The largest absolute Gasteiger partial charge is 0.490 e. The van der Waals surface area contributed by atoms with Gasteiger partial charge in [0.15, 0.2) is 6.10 Å². The first-order valence-corrected chi connectivity index (χ1v) is 10.3. The third kappa shape index (κ3) is 5.51. The molecule has 6 nitrogen and oxygen atoms in total. The van der Waals surface area contributed by atoms with E-state index in [2.05, 4.69) is 26.8 Å². The number of hydrogen-bond donors (Lipinski definition) is 2. The Morgan fingerprint density at radius 2 is 1.60 bits per heavy atom. The van der Waals surface area contributed by atoms with E-state index in [0.717, 1.165) is 10.8 Å². The molecule has 0 spiro atoms. The second-order valence-corrected chi connectivity index (χ2v) is 7.88. The molecule has 3 aromatic carbocycles. The molecule has 0 saturated heterocycles. The predicted molar refractivity (Wildman–Crippen MR) is 120 cm³/mol. The SMILES string of the molecule is CC(C)Oc1ccc(C(=O)NNC(=O)C(C)Oc2ccc3ccccc3c2)cc1Br. The molecule has 30 heavy (non-hydrogen) atoms. The number of carbonyl (C=O) groups is 2. The zero-order chi connectivity index (χ0) is 21.7. The fourth-order valence-corrected chi connectivity index (χ4v) is 3.25. The summed E-state index contributed by atoms with van der Waals surface area (Å²) in [5.74, 6) is 0.309. The monoisotopic (exact) mass is 470 g/mol. The lowest BCUT2D eigenvalue weighted by atomic mass is 10.1. The molecule has 0 aliphatic heterocycles. The van der Waals surface area contributed by atoms with Crippen LogP contribution in [0, 0.1) is 0 Å². The first-order valence-electron chi connectivity index (χ1n) is 9.55. The van der Waals surface area contributed by atoms with Crippen LogP contribution < -0.4 is 20.3 Å². The Hall–Kier alpha value is -3.06. The second-order valence-electron chi connectivity index (χ2n) is 7.02. The van der Waals surface area contributed by atoms with Crippen LogP contribution in [0.25, 0.3) is 10.8 Å². The van der Waals surface area contributed by atoms with Crippen molar-refractivity contribution >= 4 is 38.5 Å². The van der Waals surface area contributed by atoms with Crippen LogP contribution in [0.5, 0.6) is 11.5 Å². The van der Waals surface area contributed by atoms with Gasteiger partial charge in [0.05, 0.1) is 10.6 Å². The molecular formula is C23H23BrN2O4. The Kier molecular flexibility index (Phi) is 6.95. The van der Waals surface area contributed by atoms with Crippen LogP contribution >= 0.6 is 15.9 Å². The molecule has 0 heterocycles. The van der Waals surface area contributed by atoms with Crippen molar-refractivity contribution in [1.29, 1.82) is 0 Å². The van der Waals surface area contributed by atoms with Crippen LogP contribution in [0.4, 0.5) is 0 Å². The maximum atomic E-state index is 12.3. The van der Waals surface area contributed by atoms with Crippen molar-refractivity contribution in [1.82, 2.24) is 10.9 Å². The second kappa shape index (κ2) is 9.63. The van der Waals surface area contributed by atoms with Gasteiger partial charge in [0.25, 0.3) is 11.8 Å². The number of amides is 2. The average Bonchev–Trinajstić information content (AvgIpc) is 2.72. The minimum absolute atomic E-state index is 0.0179. The Labute approximate surface area is 183 Å². The quantitative estimate of drug-likeness (QED) is 0.515. The standard InChI is InChI=1S/C23H23BrN2O4/c1-14(2)29-21-11-9-18(13-20(21)24)23(28)26-25-22(27)15(3)30-19-10-8-16-6-4-5-7-17(16)12-19/h4-15H,1-3H3,(H,25,27)(H,26,28). The number of hydrogen-bond acceptors (Lipinski definition) is 4. The summed E-state index contributed by atoms with van der Waals surface area (Å²) in [7, 11) is 0. The van der Waals surface area contributed by atoms with Crippen LogP contribution in [-0.2, 0) is 4.79 Å². The topological polar surface area (TPSA) is 76.7 Å². The number of halogens is 1. The first-order chi connectivity index (χ1) is 14.3. The van der Waals surface area contributed by atoms with Gasteiger partial charge in [-0.05, 0) is 77.8 Å². The highest BCUT2D eigenvalue weighted by atomic mass is 79.9. The fraction of sp³-hybridized carbons (Fsp3) is 0.217. The first kappa shape index (κ1) is 21.6. The Bertz CT molecular complexity index is 1070. The molecule has 3 rings (SSSR count). The van der Waals surface area contributed by atoms with Crippen molar-refractivity contribution in [2.45, 2.75) is 33.0 Å². The summed E-state index contributed by atoms with van der Waals surface area (Å²) in [5.41, 5.74) is 5.17. The molecule has 3 aromatic rings. The van der Waals surface area contributed by atoms with Crippen LogP contribution in [0.2, 0.25) is 0 Å². The van der Waals surface area contributed by atoms with E-state index in [1.165, 1.54) is 0 Å². The summed E-state index contributed by atoms with van der Waals surface area (Å²) in [6.45, 7) is 5.46. The van der Waals surface area contributed by atoms with Gasteiger partial charge in [-0.1, -0.05) is 30.3 Å². The number of benzene rings is 3. The van der Waals surface area contributed by atoms with E-state index in [-0.39, 0.29) is 6.10 Å². The minimum Gasteiger partial charge on any atom is -0.490 e. The summed E-state index contributed by atoms with van der Waals surface area (Å²) in [5, 5.41) is 2.11. The number of nitrogens with one attached hydrogen (secondary N) is 2. The van der Waals surface area contributed by atoms with E-state index in [1.54, 1.807) is 25.1 Å². The van der Waals surface area contributed by atoms with Gasteiger partial charge in [0, 0.05) is 5.56 Å². The van der Waals surface area contributed by atoms with Gasteiger partial charge in [-0.3, -0.25) is 20.4 Å². The summed E-state index contributed by atoms with van der Waals surface area (Å²) < 4.78 is 12.0. The molecule has 0 aliphatic carbocycles. The van der Waals surface area contributed by atoms with Crippen molar-refractivity contribution in [2.75, 3.05) is 0 Å².